The van der Waals surface area contributed by atoms with Crippen LogP contribution in [0.25, 0.3) is 0 Å². The molecule has 0 atom stereocenters. The van der Waals surface area contributed by atoms with Crippen molar-refractivity contribution in [2.45, 2.75) is 0 Å². The fraction of sp³-hybridized carbons (Fsp3) is 0. The van der Waals surface area contributed by atoms with Gasteiger partial charge in [0.15, 0.2) is 5.11 Å². The van der Waals surface area contributed by atoms with E-state index in [1.54, 1.807) is 0 Å². The number of carbonyl (C=O) groups excluding carboxylic acids is 1. The van der Waals surface area contributed by atoms with Gasteiger partial charge in [-0.25, -0.2) is 0 Å². The number of benzene rings is 2. The van der Waals surface area contributed by atoms with E-state index in [4.69, 9.17) is 23.8 Å². The van der Waals surface area contributed by atoms with Gasteiger partial charge in [-0.2, -0.15) is 0 Å². The molecule has 0 aliphatic rings. The van der Waals surface area contributed by atoms with E-state index < -0.39 is 5.91 Å². The first kappa shape index (κ1) is 15.1. The van der Waals surface area contributed by atoms with Crippen molar-refractivity contribution < 1.29 is 9.90 Å². The summed E-state index contributed by atoms with van der Waals surface area (Å²) in [7, 11) is 0. The quantitative estimate of drug-likeness (QED) is 0.505. The van der Waals surface area contributed by atoms with E-state index >= 15 is 0 Å². The summed E-state index contributed by atoms with van der Waals surface area (Å²) in [6, 6.07) is 13.5. The summed E-state index contributed by atoms with van der Waals surface area (Å²) in [6.07, 6.45) is 0. The molecule has 0 aromatic heterocycles. The minimum atomic E-state index is -0.549. The maximum absolute atomic E-state index is 11.9. The number of phenols is 1. The van der Waals surface area contributed by atoms with Crippen LogP contribution in [0.15, 0.2) is 48.5 Å². The first-order chi connectivity index (χ1) is 10.1. The molecule has 21 heavy (non-hydrogen) atoms. The van der Waals surface area contributed by atoms with E-state index in [2.05, 4.69) is 16.2 Å². The Bertz CT molecular complexity index is 665. The van der Waals surface area contributed by atoms with Crippen molar-refractivity contribution in [3.63, 3.8) is 0 Å². The second kappa shape index (κ2) is 6.92. The zero-order valence-electron chi connectivity index (χ0n) is 10.8. The highest BCUT2D eigenvalue weighted by Gasteiger charge is 2.11. The number of amides is 1. The molecule has 0 spiro atoms. The Balaban J connectivity index is 1.92. The molecule has 0 aliphatic heterocycles. The molecule has 1 amide bonds. The molecule has 2 aromatic carbocycles. The van der Waals surface area contributed by atoms with Crippen molar-refractivity contribution in [2.24, 2.45) is 0 Å². The highest BCUT2D eigenvalue weighted by molar-refractivity contribution is 7.80. The molecule has 7 heteroatoms. The fourth-order valence-corrected chi connectivity index (χ4v) is 1.90. The minimum Gasteiger partial charge on any atom is -0.507 e. The molecule has 0 heterocycles. The molecule has 2 aromatic rings. The Kier molecular flexibility index (Phi) is 4.97. The van der Waals surface area contributed by atoms with E-state index in [9.17, 15) is 9.90 Å². The Morgan fingerprint density at radius 2 is 1.81 bits per heavy atom. The van der Waals surface area contributed by atoms with Gasteiger partial charge in [0.05, 0.1) is 5.56 Å². The van der Waals surface area contributed by atoms with Gasteiger partial charge in [-0.1, -0.05) is 29.8 Å². The number of thiocarbonyl (C=S) groups is 1. The van der Waals surface area contributed by atoms with Gasteiger partial charge in [-0.15, -0.1) is 0 Å². The normalized spacial score (nSPS) is 9.76. The van der Waals surface area contributed by atoms with Crippen LogP contribution in [0.4, 0.5) is 5.69 Å². The van der Waals surface area contributed by atoms with E-state index in [1.807, 2.05) is 30.3 Å². The third kappa shape index (κ3) is 4.34. The maximum atomic E-state index is 11.9. The molecule has 0 unspecified atom stereocenters. The van der Waals surface area contributed by atoms with Crippen LogP contribution in [-0.4, -0.2) is 16.1 Å². The number of para-hydroxylation sites is 1. The van der Waals surface area contributed by atoms with Crippen LogP contribution in [0.3, 0.4) is 0 Å². The Labute approximate surface area is 131 Å². The molecule has 5 nitrogen and oxygen atoms in total. The van der Waals surface area contributed by atoms with Crippen molar-refractivity contribution in [1.82, 2.24) is 10.9 Å². The summed E-state index contributed by atoms with van der Waals surface area (Å²) in [6.45, 7) is 0. The van der Waals surface area contributed by atoms with Gasteiger partial charge in [0.2, 0.25) is 0 Å². The van der Waals surface area contributed by atoms with Crippen molar-refractivity contribution >= 4 is 40.5 Å². The van der Waals surface area contributed by atoms with Crippen LogP contribution < -0.4 is 16.2 Å². The molecule has 0 fully saturated rings. The van der Waals surface area contributed by atoms with Gasteiger partial charge in [-0.05, 0) is 42.5 Å². The van der Waals surface area contributed by atoms with Crippen molar-refractivity contribution in [3.05, 3.63) is 59.1 Å². The molecule has 0 radical (unpaired) electrons. The average molecular weight is 322 g/mol. The van der Waals surface area contributed by atoms with Crippen molar-refractivity contribution in [2.75, 3.05) is 5.32 Å². The second-order valence-electron chi connectivity index (χ2n) is 4.06. The van der Waals surface area contributed by atoms with Crippen LogP contribution >= 0.6 is 23.8 Å². The Morgan fingerprint density at radius 3 is 2.52 bits per heavy atom. The first-order valence-electron chi connectivity index (χ1n) is 5.97. The third-order valence-corrected chi connectivity index (χ3v) is 2.96. The topological polar surface area (TPSA) is 73.4 Å². The smallest absolute Gasteiger partial charge is 0.273 e. The number of hydrogen-bond donors (Lipinski definition) is 4. The molecule has 0 saturated heterocycles. The zero-order valence-corrected chi connectivity index (χ0v) is 12.3. The minimum absolute atomic E-state index is 0.0533. The highest BCUT2D eigenvalue weighted by Crippen LogP contribution is 2.20. The van der Waals surface area contributed by atoms with Gasteiger partial charge < -0.3 is 10.4 Å². The van der Waals surface area contributed by atoms with Gasteiger partial charge in [0.25, 0.3) is 5.91 Å². The number of hydrogen-bond acceptors (Lipinski definition) is 3. The lowest BCUT2D eigenvalue weighted by atomic mass is 10.2. The van der Waals surface area contributed by atoms with Gasteiger partial charge >= 0.3 is 0 Å². The molecular formula is C14H12ClN3O2S. The van der Waals surface area contributed by atoms with Crippen LogP contribution in [0.5, 0.6) is 5.75 Å². The van der Waals surface area contributed by atoms with Gasteiger partial charge in [-0.3, -0.25) is 15.6 Å². The summed E-state index contributed by atoms with van der Waals surface area (Å²) < 4.78 is 0. The van der Waals surface area contributed by atoms with Crippen LogP contribution in [0.1, 0.15) is 10.4 Å². The monoisotopic (exact) mass is 321 g/mol. The van der Waals surface area contributed by atoms with Crippen LogP contribution in [0.2, 0.25) is 5.02 Å². The van der Waals surface area contributed by atoms with Crippen molar-refractivity contribution in [1.29, 1.82) is 0 Å². The largest absolute Gasteiger partial charge is 0.507 e. The maximum Gasteiger partial charge on any atom is 0.273 e. The van der Waals surface area contributed by atoms with Gasteiger partial charge in [0.1, 0.15) is 5.75 Å². The molecule has 4 N–H and O–H groups in total. The Morgan fingerprint density at radius 1 is 1.10 bits per heavy atom. The van der Waals surface area contributed by atoms with Crippen LogP contribution in [0, 0.1) is 0 Å². The van der Waals surface area contributed by atoms with E-state index in [-0.39, 0.29) is 16.4 Å². The lowest BCUT2D eigenvalue weighted by molar-refractivity contribution is 0.0941. The second-order valence-corrected chi connectivity index (χ2v) is 4.91. The summed E-state index contributed by atoms with van der Waals surface area (Å²) in [5.41, 5.74) is 5.76. The van der Waals surface area contributed by atoms with E-state index in [0.717, 1.165) is 5.69 Å². The number of halogens is 1. The number of carbonyl (C=O) groups is 1. The summed E-state index contributed by atoms with van der Waals surface area (Å²) in [5.74, 6) is -0.715. The standard InChI is InChI=1S/C14H12ClN3O2S/c15-9-6-7-12(19)11(8-9)13(20)17-18-14(21)16-10-4-2-1-3-5-10/h1-8,19H,(H,17,20)(H2,16,18,21). The SMILES string of the molecule is O=C(NNC(=S)Nc1ccccc1)c1cc(Cl)ccc1O. The molecule has 0 saturated carbocycles. The summed E-state index contributed by atoms with van der Waals surface area (Å²) in [4.78, 5) is 11.9. The van der Waals surface area contributed by atoms with Gasteiger partial charge in [0, 0.05) is 10.7 Å². The third-order valence-electron chi connectivity index (χ3n) is 2.52. The Hall–Kier alpha value is -2.31. The number of anilines is 1. The lowest BCUT2D eigenvalue weighted by Gasteiger charge is -2.12. The molecular weight excluding hydrogens is 310 g/mol. The number of aromatic hydroxyl groups is 1. The number of nitrogens with one attached hydrogen (secondary N) is 3. The first-order valence-corrected chi connectivity index (χ1v) is 6.76. The fourth-order valence-electron chi connectivity index (χ4n) is 1.55. The lowest BCUT2D eigenvalue weighted by Crippen LogP contribution is -2.43. The average Bonchev–Trinajstić information content (AvgIpc) is 2.48. The summed E-state index contributed by atoms with van der Waals surface area (Å²) >= 11 is 10.8. The molecule has 0 aliphatic carbocycles. The number of phenolic OH excluding ortho intramolecular Hbond substituents is 1. The predicted octanol–water partition coefficient (Wildman–Crippen LogP) is 2.68. The number of hydrazine groups is 1. The zero-order chi connectivity index (χ0) is 15.2. The number of rotatable bonds is 2. The van der Waals surface area contributed by atoms with Crippen LogP contribution in [-0.2, 0) is 0 Å². The summed E-state index contributed by atoms with van der Waals surface area (Å²) in [5, 5.41) is 13.1. The molecule has 108 valence electrons. The van der Waals surface area contributed by atoms with E-state index in [0.29, 0.717) is 5.02 Å². The predicted molar refractivity (Wildman–Crippen MR) is 86.4 cm³/mol. The molecule has 0 bridgehead atoms. The highest BCUT2D eigenvalue weighted by atomic mass is 35.5. The van der Waals surface area contributed by atoms with E-state index in [1.165, 1.54) is 18.2 Å². The van der Waals surface area contributed by atoms with Crippen molar-refractivity contribution in [3.8, 4) is 5.75 Å². The molecule has 2 rings (SSSR count).